The third-order valence-electron chi connectivity index (χ3n) is 2.48. The summed E-state index contributed by atoms with van der Waals surface area (Å²) in [7, 11) is -2.58. The summed E-state index contributed by atoms with van der Waals surface area (Å²) in [4.78, 5) is 22.0. The van der Waals surface area contributed by atoms with Crippen molar-refractivity contribution in [2.45, 2.75) is 24.8 Å². The van der Waals surface area contributed by atoms with Crippen molar-refractivity contribution in [2.24, 2.45) is 7.05 Å². The van der Waals surface area contributed by atoms with Crippen LogP contribution < -0.4 is 4.72 Å². The third-order valence-corrected chi connectivity index (χ3v) is 3.99. The predicted molar refractivity (Wildman–Crippen MR) is 68.8 cm³/mol. The standard InChI is InChI=1S/C11H16N2O6S/c1-4-19-11(16)7(2)12-20(17,18)8-5-9(10(14)15)13(3)6-8/h5-7,12H,4H2,1-3H3,(H,14,15). The summed E-state index contributed by atoms with van der Waals surface area (Å²) < 4.78 is 32.0. The fourth-order valence-corrected chi connectivity index (χ4v) is 2.77. The monoisotopic (exact) mass is 304 g/mol. The van der Waals surface area contributed by atoms with Crippen LogP contribution in [0, 0.1) is 0 Å². The largest absolute Gasteiger partial charge is 0.477 e. The minimum atomic E-state index is -3.99. The number of sulfonamides is 1. The number of nitrogens with zero attached hydrogens (tertiary/aromatic N) is 1. The second-order valence-electron chi connectivity index (χ2n) is 4.07. The van der Waals surface area contributed by atoms with Crippen LogP contribution in [0.4, 0.5) is 0 Å². The number of carbonyl (C=O) groups excluding carboxylic acids is 1. The van der Waals surface area contributed by atoms with Gasteiger partial charge in [0.05, 0.1) is 6.61 Å². The molecule has 112 valence electrons. The molecule has 0 aromatic carbocycles. The predicted octanol–water partition coefficient (Wildman–Crippen LogP) is -0.0468. The molecule has 1 aromatic heterocycles. The van der Waals surface area contributed by atoms with Crippen molar-refractivity contribution >= 4 is 22.0 Å². The van der Waals surface area contributed by atoms with Crippen LogP contribution >= 0.6 is 0 Å². The summed E-state index contributed by atoms with van der Waals surface area (Å²) >= 11 is 0. The number of carbonyl (C=O) groups is 2. The average Bonchev–Trinajstić information content (AvgIpc) is 2.72. The second-order valence-corrected chi connectivity index (χ2v) is 5.79. The Hall–Kier alpha value is -1.87. The molecule has 0 aliphatic heterocycles. The molecule has 1 aromatic rings. The lowest BCUT2D eigenvalue weighted by molar-refractivity contribution is -0.144. The molecular formula is C11H16N2O6S. The molecule has 8 nitrogen and oxygen atoms in total. The number of aromatic carboxylic acids is 1. The van der Waals surface area contributed by atoms with Crippen molar-refractivity contribution in [2.75, 3.05) is 6.61 Å². The lowest BCUT2D eigenvalue weighted by Crippen LogP contribution is -2.39. The summed E-state index contributed by atoms with van der Waals surface area (Å²) in [6.07, 6.45) is 1.16. The second kappa shape index (κ2) is 6.06. The van der Waals surface area contributed by atoms with E-state index in [1.54, 1.807) is 6.92 Å². The van der Waals surface area contributed by atoms with Crippen molar-refractivity contribution in [1.29, 1.82) is 0 Å². The van der Waals surface area contributed by atoms with Gasteiger partial charge in [-0.3, -0.25) is 4.79 Å². The highest BCUT2D eigenvalue weighted by Crippen LogP contribution is 2.14. The van der Waals surface area contributed by atoms with Gasteiger partial charge in [-0.1, -0.05) is 0 Å². The van der Waals surface area contributed by atoms with Crippen molar-refractivity contribution in [3.05, 3.63) is 18.0 Å². The number of ether oxygens (including phenoxy) is 1. The third kappa shape index (κ3) is 3.58. The summed E-state index contributed by atoms with van der Waals surface area (Å²) in [6.45, 7) is 3.09. The van der Waals surface area contributed by atoms with Gasteiger partial charge < -0.3 is 14.4 Å². The molecule has 1 heterocycles. The zero-order chi connectivity index (χ0) is 15.5. The van der Waals surface area contributed by atoms with Crippen LogP contribution in [-0.4, -0.2) is 42.7 Å². The van der Waals surface area contributed by atoms with Crippen molar-refractivity contribution in [1.82, 2.24) is 9.29 Å². The zero-order valence-corrected chi connectivity index (χ0v) is 12.1. The molecule has 0 bridgehead atoms. The highest BCUT2D eigenvalue weighted by Gasteiger charge is 2.25. The Kier molecular flexibility index (Phi) is 4.90. The summed E-state index contributed by atoms with van der Waals surface area (Å²) in [5.74, 6) is -1.95. The fourth-order valence-electron chi connectivity index (χ4n) is 1.51. The van der Waals surface area contributed by atoms with E-state index in [0.29, 0.717) is 0 Å². The number of hydrogen-bond acceptors (Lipinski definition) is 5. The molecule has 1 atom stereocenters. The van der Waals surface area contributed by atoms with Gasteiger partial charge in [-0.2, -0.15) is 4.72 Å². The number of aryl methyl sites for hydroxylation is 1. The van der Waals surface area contributed by atoms with E-state index >= 15 is 0 Å². The molecule has 20 heavy (non-hydrogen) atoms. The summed E-state index contributed by atoms with van der Waals surface area (Å²) in [5, 5.41) is 8.87. The van der Waals surface area contributed by atoms with E-state index < -0.39 is 28.0 Å². The van der Waals surface area contributed by atoms with Gasteiger partial charge in [0.1, 0.15) is 16.6 Å². The van der Waals surface area contributed by atoms with E-state index in [-0.39, 0.29) is 17.2 Å². The molecule has 0 aliphatic carbocycles. The molecule has 9 heteroatoms. The Balaban J connectivity index is 2.97. The molecule has 0 spiro atoms. The van der Waals surface area contributed by atoms with Crippen LogP contribution in [0.2, 0.25) is 0 Å². The van der Waals surface area contributed by atoms with Gasteiger partial charge in [-0.15, -0.1) is 0 Å². The molecule has 2 N–H and O–H groups in total. The summed E-state index contributed by atoms with van der Waals surface area (Å²) in [5.41, 5.74) is -0.172. The molecule has 0 saturated heterocycles. The van der Waals surface area contributed by atoms with Gasteiger partial charge in [-0.25, -0.2) is 13.2 Å². The average molecular weight is 304 g/mol. The lowest BCUT2D eigenvalue weighted by Gasteiger charge is -2.12. The van der Waals surface area contributed by atoms with Crippen LogP contribution in [0.25, 0.3) is 0 Å². The number of nitrogens with one attached hydrogen (secondary N) is 1. The number of esters is 1. The first-order valence-corrected chi connectivity index (χ1v) is 7.26. The molecule has 1 rings (SSSR count). The van der Waals surface area contributed by atoms with Gasteiger partial charge in [0.25, 0.3) is 0 Å². The molecule has 0 aliphatic rings. The van der Waals surface area contributed by atoms with Crippen molar-refractivity contribution in [3.8, 4) is 0 Å². The minimum absolute atomic E-state index is 0.138. The Morgan fingerprint density at radius 2 is 2.10 bits per heavy atom. The highest BCUT2D eigenvalue weighted by molar-refractivity contribution is 7.89. The Bertz CT molecular complexity index is 619. The van der Waals surface area contributed by atoms with Crippen LogP contribution in [0.5, 0.6) is 0 Å². The quantitative estimate of drug-likeness (QED) is 0.712. The van der Waals surface area contributed by atoms with E-state index in [1.807, 2.05) is 0 Å². The van der Waals surface area contributed by atoms with E-state index in [4.69, 9.17) is 5.11 Å². The summed E-state index contributed by atoms with van der Waals surface area (Å²) in [6, 6.07) is -0.0452. The Morgan fingerprint density at radius 3 is 2.55 bits per heavy atom. The van der Waals surface area contributed by atoms with Crippen molar-refractivity contribution in [3.63, 3.8) is 0 Å². The van der Waals surface area contributed by atoms with E-state index in [9.17, 15) is 18.0 Å². The Labute approximate surface area is 116 Å². The number of rotatable bonds is 6. The van der Waals surface area contributed by atoms with Gasteiger partial charge in [0, 0.05) is 13.2 Å². The normalized spacial score (nSPS) is 12.9. The van der Waals surface area contributed by atoms with Crippen LogP contribution in [0.3, 0.4) is 0 Å². The SMILES string of the molecule is CCOC(=O)C(C)NS(=O)(=O)c1cc(C(=O)O)n(C)c1. The van der Waals surface area contributed by atoms with Gasteiger partial charge >= 0.3 is 11.9 Å². The Morgan fingerprint density at radius 1 is 1.50 bits per heavy atom. The van der Waals surface area contributed by atoms with E-state index in [1.165, 1.54) is 18.5 Å². The number of carboxylic acid groups (broad SMARTS) is 1. The van der Waals surface area contributed by atoms with Gasteiger partial charge in [-0.05, 0) is 19.9 Å². The topological polar surface area (TPSA) is 115 Å². The highest BCUT2D eigenvalue weighted by atomic mass is 32.2. The maximum atomic E-state index is 12.0. The first-order chi connectivity index (χ1) is 9.19. The van der Waals surface area contributed by atoms with E-state index in [2.05, 4.69) is 9.46 Å². The first kappa shape index (κ1) is 16.2. The van der Waals surface area contributed by atoms with Crippen LogP contribution in [-0.2, 0) is 26.6 Å². The lowest BCUT2D eigenvalue weighted by atomic mass is 10.4. The molecule has 1 unspecified atom stereocenters. The van der Waals surface area contributed by atoms with Crippen LogP contribution in [0.1, 0.15) is 24.3 Å². The van der Waals surface area contributed by atoms with Crippen molar-refractivity contribution < 1.29 is 27.9 Å². The molecule has 0 fully saturated rings. The smallest absolute Gasteiger partial charge is 0.352 e. The maximum absolute atomic E-state index is 12.0. The number of hydrogen-bond donors (Lipinski definition) is 2. The molecule has 0 radical (unpaired) electrons. The van der Waals surface area contributed by atoms with Gasteiger partial charge in [0.15, 0.2) is 0 Å². The number of aromatic nitrogens is 1. The fraction of sp³-hybridized carbons (Fsp3) is 0.455. The molecule has 0 saturated carbocycles. The first-order valence-electron chi connectivity index (χ1n) is 5.77. The molecular weight excluding hydrogens is 288 g/mol. The maximum Gasteiger partial charge on any atom is 0.352 e. The number of carboxylic acids is 1. The minimum Gasteiger partial charge on any atom is -0.477 e. The molecule has 0 amide bonds. The van der Waals surface area contributed by atoms with Gasteiger partial charge in [0.2, 0.25) is 10.0 Å². The van der Waals surface area contributed by atoms with Crippen LogP contribution in [0.15, 0.2) is 17.2 Å². The zero-order valence-electron chi connectivity index (χ0n) is 11.3. The van der Waals surface area contributed by atoms with E-state index in [0.717, 1.165) is 12.3 Å².